The van der Waals surface area contributed by atoms with Gasteiger partial charge in [0.25, 0.3) is 0 Å². The molecule has 0 aromatic heterocycles. The normalized spacial score (nSPS) is 21.8. The van der Waals surface area contributed by atoms with Crippen molar-refractivity contribution in [3.63, 3.8) is 0 Å². The van der Waals surface area contributed by atoms with Crippen LogP contribution in [0.15, 0.2) is 0 Å². The minimum atomic E-state index is 0.248. The van der Waals surface area contributed by atoms with Crippen molar-refractivity contribution in [1.29, 1.82) is 0 Å². The van der Waals surface area contributed by atoms with Crippen LogP contribution < -0.4 is 5.32 Å². The van der Waals surface area contributed by atoms with E-state index in [2.05, 4.69) is 31.2 Å². The summed E-state index contributed by atoms with van der Waals surface area (Å²) in [6.45, 7) is 5.95. The molecule has 3 heteroatoms. The summed E-state index contributed by atoms with van der Waals surface area (Å²) in [4.78, 5) is 2.20. The zero-order valence-electron chi connectivity index (χ0n) is 7.68. The van der Waals surface area contributed by atoms with Crippen molar-refractivity contribution in [2.24, 2.45) is 0 Å². The summed E-state index contributed by atoms with van der Waals surface area (Å²) < 4.78 is 5.20. The van der Waals surface area contributed by atoms with E-state index in [0.717, 1.165) is 26.3 Å². The largest absolute Gasteiger partial charge is 0.377 e. The van der Waals surface area contributed by atoms with E-state index >= 15 is 0 Å². The minimum absolute atomic E-state index is 0.248. The molecular weight excluding hydrogens is 140 g/mol. The van der Waals surface area contributed by atoms with Crippen molar-refractivity contribution in [3.05, 3.63) is 0 Å². The first-order valence-corrected chi connectivity index (χ1v) is 4.16. The Labute approximate surface area is 68.7 Å². The Morgan fingerprint density at radius 1 is 1.45 bits per heavy atom. The zero-order valence-corrected chi connectivity index (χ0v) is 7.68. The number of hydrogen-bond donors (Lipinski definition) is 1. The van der Waals surface area contributed by atoms with E-state index in [1.165, 1.54) is 0 Å². The predicted molar refractivity (Wildman–Crippen MR) is 45.8 cm³/mol. The van der Waals surface area contributed by atoms with Gasteiger partial charge in [-0.05, 0) is 20.6 Å². The van der Waals surface area contributed by atoms with Crippen LogP contribution in [0.25, 0.3) is 0 Å². The third kappa shape index (κ3) is 2.15. The van der Waals surface area contributed by atoms with Crippen LogP contribution in [0.3, 0.4) is 0 Å². The second-order valence-electron chi connectivity index (χ2n) is 3.54. The second kappa shape index (κ2) is 3.52. The molecule has 0 aliphatic carbocycles. The molecule has 0 aromatic carbocycles. The van der Waals surface area contributed by atoms with Crippen LogP contribution in [0.5, 0.6) is 0 Å². The Hall–Kier alpha value is -0.120. The van der Waals surface area contributed by atoms with E-state index < -0.39 is 0 Å². The topological polar surface area (TPSA) is 24.5 Å². The van der Waals surface area contributed by atoms with E-state index in [0.29, 0.717) is 0 Å². The van der Waals surface area contributed by atoms with Crippen molar-refractivity contribution >= 4 is 0 Å². The maximum atomic E-state index is 5.20. The summed E-state index contributed by atoms with van der Waals surface area (Å²) in [6, 6.07) is 0. The monoisotopic (exact) mass is 158 g/mol. The summed E-state index contributed by atoms with van der Waals surface area (Å²) in [5.41, 5.74) is 0.248. The van der Waals surface area contributed by atoms with Gasteiger partial charge in [-0.3, -0.25) is 0 Å². The van der Waals surface area contributed by atoms with Gasteiger partial charge in [-0.15, -0.1) is 0 Å². The fourth-order valence-corrected chi connectivity index (χ4v) is 1.58. The minimum Gasteiger partial charge on any atom is -0.377 e. The molecule has 1 aliphatic heterocycles. The highest BCUT2D eigenvalue weighted by Gasteiger charge is 2.37. The Bertz CT molecular complexity index is 121. The lowest BCUT2D eigenvalue weighted by molar-refractivity contribution is -0.0825. The van der Waals surface area contributed by atoms with Crippen molar-refractivity contribution in [2.75, 3.05) is 40.4 Å². The summed E-state index contributed by atoms with van der Waals surface area (Å²) in [6.07, 6.45) is 0. The number of rotatable bonds is 4. The van der Waals surface area contributed by atoms with Crippen LogP contribution in [0.2, 0.25) is 0 Å². The molecule has 11 heavy (non-hydrogen) atoms. The zero-order chi connectivity index (χ0) is 8.32. The predicted octanol–water partition coefficient (Wildman–Crippen LogP) is -0.0735. The molecule has 0 saturated carbocycles. The lowest BCUT2D eigenvalue weighted by Gasteiger charge is -2.43. The fraction of sp³-hybridized carbons (Fsp3) is 1.00. The van der Waals surface area contributed by atoms with E-state index in [9.17, 15) is 0 Å². The van der Waals surface area contributed by atoms with Crippen LogP contribution in [0, 0.1) is 0 Å². The molecular formula is C8H18N2O. The molecule has 66 valence electrons. The summed E-state index contributed by atoms with van der Waals surface area (Å²) >= 11 is 0. The van der Waals surface area contributed by atoms with Gasteiger partial charge in [-0.2, -0.15) is 0 Å². The van der Waals surface area contributed by atoms with Crippen LogP contribution in [0.4, 0.5) is 0 Å². The summed E-state index contributed by atoms with van der Waals surface area (Å²) in [7, 11) is 4.19. The Morgan fingerprint density at radius 2 is 2.09 bits per heavy atom. The van der Waals surface area contributed by atoms with E-state index in [4.69, 9.17) is 4.74 Å². The van der Waals surface area contributed by atoms with Crippen LogP contribution in [-0.2, 0) is 4.74 Å². The van der Waals surface area contributed by atoms with Crippen molar-refractivity contribution in [3.8, 4) is 0 Å². The fourth-order valence-electron chi connectivity index (χ4n) is 1.58. The first-order valence-electron chi connectivity index (χ1n) is 4.16. The lowest BCUT2D eigenvalue weighted by Crippen LogP contribution is -2.65. The molecule has 3 nitrogen and oxygen atoms in total. The second-order valence-corrected chi connectivity index (χ2v) is 3.54. The van der Waals surface area contributed by atoms with Gasteiger partial charge in [-0.25, -0.2) is 0 Å². The molecule has 0 atom stereocenters. The van der Waals surface area contributed by atoms with Gasteiger partial charge in [0.1, 0.15) is 0 Å². The third-order valence-corrected chi connectivity index (χ3v) is 1.93. The highest BCUT2D eigenvalue weighted by atomic mass is 16.5. The average Bonchev–Trinajstić information content (AvgIpc) is 1.82. The summed E-state index contributed by atoms with van der Waals surface area (Å²) in [5.74, 6) is 0. The SMILES string of the molecule is CCNC1(CN(C)C)COC1. The van der Waals surface area contributed by atoms with Gasteiger partial charge in [-0.1, -0.05) is 6.92 Å². The van der Waals surface area contributed by atoms with Crippen LogP contribution in [-0.4, -0.2) is 50.8 Å². The van der Waals surface area contributed by atoms with Crippen molar-refractivity contribution in [1.82, 2.24) is 10.2 Å². The number of nitrogens with zero attached hydrogens (tertiary/aromatic N) is 1. The van der Waals surface area contributed by atoms with Crippen LogP contribution in [0.1, 0.15) is 6.92 Å². The lowest BCUT2D eigenvalue weighted by atomic mass is 9.97. The van der Waals surface area contributed by atoms with Gasteiger partial charge in [0.05, 0.1) is 18.8 Å². The van der Waals surface area contributed by atoms with Crippen molar-refractivity contribution < 1.29 is 4.74 Å². The molecule has 1 heterocycles. The first-order chi connectivity index (χ1) is 5.18. The molecule has 0 unspecified atom stereocenters. The smallest absolute Gasteiger partial charge is 0.0781 e. The quantitative estimate of drug-likeness (QED) is 0.619. The maximum absolute atomic E-state index is 5.20. The Morgan fingerprint density at radius 3 is 2.36 bits per heavy atom. The highest BCUT2D eigenvalue weighted by Crippen LogP contribution is 2.16. The van der Waals surface area contributed by atoms with Gasteiger partial charge in [0.15, 0.2) is 0 Å². The van der Waals surface area contributed by atoms with Gasteiger partial charge in [0.2, 0.25) is 0 Å². The van der Waals surface area contributed by atoms with Gasteiger partial charge < -0.3 is 15.0 Å². The van der Waals surface area contributed by atoms with E-state index in [-0.39, 0.29) is 5.54 Å². The van der Waals surface area contributed by atoms with E-state index in [1.54, 1.807) is 0 Å². The molecule has 1 aliphatic rings. The Balaban J connectivity index is 2.33. The number of hydrogen-bond acceptors (Lipinski definition) is 3. The number of nitrogens with one attached hydrogen (secondary N) is 1. The molecule has 0 aromatic rings. The van der Waals surface area contributed by atoms with Crippen LogP contribution >= 0.6 is 0 Å². The summed E-state index contributed by atoms with van der Waals surface area (Å²) in [5, 5.41) is 3.46. The number of ether oxygens (including phenoxy) is 1. The average molecular weight is 158 g/mol. The Kier molecular flexibility index (Phi) is 2.87. The molecule has 0 amide bonds. The molecule has 1 saturated heterocycles. The molecule has 0 spiro atoms. The number of likely N-dealkylation sites (N-methyl/N-ethyl adjacent to an activating group) is 2. The third-order valence-electron chi connectivity index (χ3n) is 1.93. The molecule has 1 N–H and O–H groups in total. The standard InChI is InChI=1S/C8H18N2O/c1-4-9-8(5-10(2)3)6-11-7-8/h9H,4-7H2,1-3H3. The highest BCUT2D eigenvalue weighted by molar-refractivity contribution is 4.95. The maximum Gasteiger partial charge on any atom is 0.0781 e. The molecule has 1 fully saturated rings. The molecule has 0 bridgehead atoms. The van der Waals surface area contributed by atoms with E-state index in [1.807, 2.05) is 0 Å². The molecule has 1 rings (SSSR count). The van der Waals surface area contributed by atoms with Gasteiger partial charge >= 0.3 is 0 Å². The van der Waals surface area contributed by atoms with Gasteiger partial charge in [0, 0.05) is 6.54 Å². The molecule has 0 radical (unpaired) electrons. The first kappa shape index (κ1) is 8.97. The van der Waals surface area contributed by atoms with Crippen molar-refractivity contribution in [2.45, 2.75) is 12.5 Å².